The van der Waals surface area contributed by atoms with Crippen molar-refractivity contribution in [1.82, 2.24) is 0 Å². The number of benzene rings is 2. The minimum Gasteiger partial charge on any atom is -0.493 e. The zero-order valence-corrected chi connectivity index (χ0v) is 12.3. The fourth-order valence-corrected chi connectivity index (χ4v) is 1.93. The largest absolute Gasteiger partial charge is 0.493 e. The Morgan fingerprint density at radius 1 is 0.909 bits per heavy atom. The molecule has 22 heavy (non-hydrogen) atoms. The summed E-state index contributed by atoms with van der Waals surface area (Å²) in [7, 11) is 1.59. The third kappa shape index (κ3) is 4.15. The lowest BCUT2D eigenvalue weighted by Crippen LogP contribution is -2.08. The third-order valence-corrected chi connectivity index (χ3v) is 2.99. The van der Waals surface area contributed by atoms with Gasteiger partial charge >= 0.3 is 5.97 Å². The van der Waals surface area contributed by atoms with Crippen molar-refractivity contribution in [1.29, 1.82) is 0 Å². The Bertz CT molecular complexity index is 624. The molecule has 0 fully saturated rings. The van der Waals surface area contributed by atoms with Crippen LogP contribution in [-0.2, 0) is 0 Å². The molecule has 0 aliphatic rings. The van der Waals surface area contributed by atoms with Crippen LogP contribution in [0.15, 0.2) is 48.5 Å². The molecule has 0 amide bonds. The Morgan fingerprint density at radius 2 is 1.45 bits per heavy atom. The number of carbonyl (C=O) groups is 1. The van der Waals surface area contributed by atoms with E-state index in [0.29, 0.717) is 36.9 Å². The van der Waals surface area contributed by atoms with Crippen molar-refractivity contribution in [2.45, 2.75) is 6.42 Å². The molecule has 0 bridgehead atoms. The first-order chi connectivity index (χ1) is 10.7. The van der Waals surface area contributed by atoms with Gasteiger partial charge in [-0.15, -0.1) is 0 Å². The van der Waals surface area contributed by atoms with Gasteiger partial charge in [-0.2, -0.15) is 0 Å². The molecular formula is C17H18O5. The summed E-state index contributed by atoms with van der Waals surface area (Å²) in [5.41, 5.74) is 0.160. The summed E-state index contributed by atoms with van der Waals surface area (Å²) in [5.74, 6) is 0.726. The van der Waals surface area contributed by atoms with Gasteiger partial charge in [0.25, 0.3) is 0 Å². The number of hydrogen-bond donors (Lipinski definition) is 1. The minimum atomic E-state index is -0.999. The van der Waals surface area contributed by atoms with Gasteiger partial charge in [-0.1, -0.05) is 24.3 Å². The summed E-state index contributed by atoms with van der Waals surface area (Å²) in [4.78, 5) is 11.0. The fourth-order valence-electron chi connectivity index (χ4n) is 1.93. The van der Waals surface area contributed by atoms with E-state index in [0.717, 1.165) is 0 Å². The first-order valence-corrected chi connectivity index (χ1v) is 6.93. The predicted molar refractivity (Wildman–Crippen MR) is 82.0 cm³/mol. The van der Waals surface area contributed by atoms with E-state index in [9.17, 15) is 4.79 Å². The maximum absolute atomic E-state index is 11.0. The summed E-state index contributed by atoms with van der Waals surface area (Å²) < 4.78 is 16.3. The van der Waals surface area contributed by atoms with Gasteiger partial charge in [-0.3, -0.25) is 0 Å². The molecule has 0 radical (unpaired) electrons. The van der Waals surface area contributed by atoms with E-state index >= 15 is 0 Å². The molecule has 2 rings (SSSR count). The van der Waals surface area contributed by atoms with Gasteiger partial charge < -0.3 is 19.3 Å². The molecule has 116 valence electrons. The highest BCUT2D eigenvalue weighted by atomic mass is 16.5. The number of ether oxygens (including phenoxy) is 3. The summed E-state index contributed by atoms with van der Waals surface area (Å²) in [6, 6.07) is 14.0. The van der Waals surface area contributed by atoms with Crippen molar-refractivity contribution in [3.8, 4) is 17.2 Å². The molecule has 5 nitrogen and oxygen atoms in total. The van der Waals surface area contributed by atoms with E-state index in [1.807, 2.05) is 24.3 Å². The first kappa shape index (κ1) is 15.7. The van der Waals surface area contributed by atoms with Crippen LogP contribution in [0.25, 0.3) is 0 Å². The maximum atomic E-state index is 11.0. The number of carboxylic acids is 1. The number of aromatic carboxylic acids is 1. The molecule has 2 aromatic rings. The van der Waals surface area contributed by atoms with Crippen molar-refractivity contribution in [3.63, 3.8) is 0 Å². The monoisotopic (exact) mass is 302 g/mol. The molecule has 0 heterocycles. The molecule has 0 atom stereocenters. The number of methoxy groups -OCH3 is 1. The van der Waals surface area contributed by atoms with Gasteiger partial charge in [0.2, 0.25) is 0 Å². The minimum absolute atomic E-state index is 0.160. The molecule has 0 aromatic heterocycles. The molecule has 2 aromatic carbocycles. The molecule has 0 saturated carbocycles. The Kier molecular flexibility index (Phi) is 5.65. The Morgan fingerprint density at radius 3 is 2.09 bits per heavy atom. The van der Waals surface area contributed by atoms with Gasteiger partial charge in [0.15, 0.2) is 11.5 Å². The van der Waals surface area contributed by atoms with Gasteiger partial charge in [-0.05, 0) is 24.3 Å². The zero-order chi connectivity index (χ0) is 15.8. The predicted octanol–water partition coefficient (Wildman–Crippen LogP) is 3.24. The van der Waals surface area contributed by atoms with Crippen molar-refractivity contribution < 1.29 is 24.1 Å². The topological polar surface area (TPSA) is 65.0 Å². The SMILES string of the molecule is COc1ccccc1OCCCOc1ccccc1C(=O)O. The summed E-state index contributed by atoms with van der Waals surface area (Å²) in [6.45, 7) is 0.828. The van der Waals surface area contributed by atoms with Crippen LogP contribution < -0.4 is 14.2 Å². The Balaban J connectivity index is 1.79. The summed E-state index contributed by atoms with van der Waals surface area (Å²) in [5, 5.41) is 9.06. The van der Waals surface area contributed by atoms with E-state index < -0.39 is 5.97 Å². The van der Waals surface area contributed by atoms with Crippen LogP contribution in [0.4, 0.5) is 0 Å². The highest BCUT2D eigenvalue weighted by Crippen LogP contribution is 2.25. The number of rotatable bonds is 8. The first-order valence-electron chi connectivity index (χ1n) is 6.93. The highest BCUT2D eigenvalue weighted by Gasteiger charge is 2.09. The molecule has 0 aliphatic carbocycles. The lowest BCUT2D eigenvalue weighted by atomic mass is 10.2. The molecule has 0 aliphatic heterocycles. The zero-order valence-electron chi connectivity index (χ0n) is 12.3. The average molecular weight is 302 g/mol. The molecule has 0 unspecified atom stereocenters. The molecule has 1 N–H and O–H groups in total. The molecule has 0 spiro atoms. The quantitative estimate of drug-likeness (QED) is 0.758. The van der Waals surface area contributed by atoms with Crippen LogP contribution in [0.1, 0.15) is 16.8 Å². The van der Waals surface area contributed by atoms with E-state index in [-0.39, 0.29) is 5.56 Å². The fraction of sp³-hybridized carbons (Fsp3) is 0.235. The van der Waals surface area contributed by atoms with Crippen LogP contribution in [0.3, 0.4) is 0 Å². The average Bonchev–Trinajstić information content (AvgIpc) is 2.55. The normalized spacial score (nSPS) is 10.0. The van der Waals surface area contributed by atoms with Crippen LogP contribution in [0.5, 0.6) is 17.2 Å². The smallest absolute Gasteiger partial charge is 0.339 e. The van der Waals surface area contributed by atoms with Crippen molar-refractivity contribution >= 4 is 5.97 Å². The maximum Gasteiger partial charge on any atom is 0.339 e. The van der Waals surface area contributed by atoms with Crippen LogP contribution in [-0.4, -0.2) is 31.4 Å². The van der Waals surface area contributed by atoms with Crippen LogP contribution >= 0.6 is 0 Å². The summed E-state index contributed by atoms with van der Waals surface area (Å²) >= 11 is 0. The Labute approximate surface area is 129 Å². The van der Waals surface area contributed by atoms with Gasteiger partial charge in [0, 0.05) is 6.42 Å². The van der Waals surface area contributed by atoms with Crippen molar-refractivity contribution in [3.05, 3.63) is 54.1 Å². The number of carboxylic acid groups (broad SMARTS) is 1. The standard InChI is InChI=1S/C17H18O5/c1-20-15-9-4-5-10-16(15)22-12-6-11-21-14-8-3-2-7-13(14)17(18)19/h2-5,7-10H,6,11-12H2,1H3,(H,18,19). The Hall–Kier alpha value is -2.69. The van der Waals surface area contributed by atoms with E-state index in [2.05, 4.69) is 0 Å². The second kappa shape index (κ2) is 7.93. The second-order valence-electron chi connectivity index (χ2n) is 4.50. The van der Waals surface area contributed by atoms with Crippen molar-refractivity contribution in [2.75, 3.05) is 20.3 Å². The van der Waals surface area contributed by atoms with Crippen molar-refractivity contribution in [2.24, 2.45) is 0 Å². The van der Waals surface area contributed by atoms with Gasteiger partial charge in [-0.25, -0.2) is 4.79 Å². The number of para-hydroxylation sites is 3. The lowest BCUT2D eigenvalue weighted by Gasteiger charge is -2.11. The lowest BCUT2D eigenvalue weighted by molar-refractivity contribution is 0.0692. The third-order valence-electron chi connectivity index (χ3n) is 2.99. The highest BCUT2D eigenvalue weighted by molar-refractivity contribution is 5.90. The van der Waals surface area contributed by atoms with E-state index in [1.54, 1.807) is 25.3 Å². The molecule has 5 heteroatoms. The number of hydrogen-bond acceptors (Lipinski definition) is 4. The van der Waals surface area contributed by atoms with Crippen LogP contribution in [0.2, 0.25) is 0 Å². The molecule has 0 saturated heterocycles. The van der Waals surface area contributed by atoms with Gasteiger partial charge in [0.05, 0.1) is 20.3 Å². The van der Waals surface area contributed by atoms with Crippen LogP contribution in [0, 0.1) is 0 Å². The summed E-state index contributed by atoms with van der Waals surface area (Å²) in [6.07, 6.45) is 0.631. The van der Waals surface area contributed by atoms with Gasteiger partial charge in [0.1, 0.15) is 11.3 Å². The van der Waals surface area contributed by atoms with E-state index in [4.69, 9.17) is 19.3 Å². The second-order valence-corrected chi connectivity index (χ2v) is 4.50. The van der Waals surface area contributed by atoms with E-state index in [1.165, 1.54) is 6.07 Å². The molecular weight excluding hydrogens is 284 g/mol.